The van der Waals surface area contributed by atoms with E-state index < -0.39 is 4.92 Å². The number of hydrogen-bond acceptors (Lipinski definition) is 4. The number of ether oxygens (including phenoxy) is 1. The molecule has 0 saturated heterocycles. The van der Waals surface area contributed by atoms with E-state index in [1.54, 1.807) is 24.3 Å². The van der Waals surface area contributed by atoms with Crippen LogP contribution in [-0.2, 0) is 0 Å². The van der Waals surface area contributed by atoms with Crippen LogP contribution in [0.2, 0.25) is 5.02 Å². The molecule has 6 heteroatoms. The quantitative estimate of drug-likeness (QED) is 0.681. The van der Waals surface area contributed by atoms with Crippen LogP contribution in [-0.4, -0.2) is 4.92 Å². The lowest BCUT2D eigenvalue weighted by Gasteiger charge is -2.10. The minimum atomic E-state index is -0.531. The zero-order chi connectivity index (χ0) is 14.7. The Balaban J connectivity index is 2.40. The van der Waals surface area contributed by atoms with E-state index in [2.05, 4.69) is 0 Å². The van der Waals surface area contributed by atoms with E-state index in [0.29, 0.717) is 5.75 Å². The fraction of sp³-hybridized carbons (Fsp3) is 0.143. The highest BCUT2D eigenvalue weighted by Crippen LogP contribution is 2.38. The highest BCUT2D eigenvalue weighted by molar-refractivity contribution is 6.32. The Labute approximate surface area is 121 Å². The van der Waals surface area contributed by atoms with Crippen molar-refractivity contribution in [3.63, 3.8) is 0 Å². The Morgan fingerprint density at radius 2 is 2.00 bits per heavy atom. The van der Waals surface area contributed by atoms with Gasteiger partial charge in [-0.2, -0.15) is 0 Å². The largest absolute Gasteiger partial charge is 0.449 e. The van der Waals surface area contributed by atoms with Crippen molar-refractivity contribution in [1.29, 1.82) is 0 Å². The average Bonchev–Trinajstić information content (AvgIpc) is 2.41. The maximum Gasteiger partial charge on any atom is 0.313 e. The van der Waals surface area contributed by atoms with Crippen LogP contribution in [0.25, 0.3) is 0 Å². The molecule has 2 rings (SSSR count). The van der Waals surface area contributed by atoms with Crippen LogP contribution in [0.4, 0.5) is 5.69 Å². The highest BCUT2D eigenvalue weighted by atomic mass is 35.5. The van der Waals surface area contributed by atoms with Crippen molar-refractivity contribution in [3.8, 4) is 11.5 Å². The lowest BCUT2D eigenvalue weighted by molar-refractivity contribution is -0.385. The summed E-state index contributed by atoms with van der Waals surface area (Å²) in [4.78, 5) is 10.5. The molecule has 0 aliphatic carbocycles. The fourth-order valence-corrected chi connectivity index (χ4v) is 1.93. The van der Waals surface area contributed by atoms with Gasteiger partial charge in [-0.3, -0.25) is 10.1 Å². The zero-order valence-corrected chi connectivity index (χ0v) is 11.5. The maximum absolute atomic E-state index is 11.0. The van der Waals surface area contributed by atoms with Gasteiger partial charge in [-0.25, -0.2) is 0 Å². The van der Waals surface area contributed by atoms with Gasteiger partial charge in [-0.05, 0) is 30.7 Å². The van der Waals surface area contributed by atoms with Gasteiger partial charge in [0.2, 0.25) is 5.75 Å². The normalized spacial score (nSPS) is 11.9. The van der Waals surface area contributed by atoms with Gasteiger partial charge in [0, 0.05) is 12.1 Å². The molecule has 0 heterocycles. The molecule has 0 amide bonds. The Morgan fingerprint density at radius 1 is 1.30 bits per heavy atom. The van der Waals surface area contributed by atoms with Crippen LogP contribution in [0.3, 0.4) is 0 Å². The van der Waals surface area contributed by atoms with Crippen LogP contribution in [0, 0.1) is 10.1 Å². The van der Waals surface area contributed by atoms with Crippen molar-refractivity contribution in [2.75, 3.05) is 0 Å². The molecule has 104 valence electrons. The van der Waals surface area contributed by atoms with Crippen LogP contribution in [0.15, 0.2) is 42.5 Å². The number of nitro benzene ring substituents is 1. The molecular weight excluding hydrogens is 280 g/mol. The first-order valence-electron chi connectivity index (χ1n) is 5.95. The summed E-state index contributed by atoms with van der Waals surface area (Å²) in [6.45, 7) is 1.84. The molecule has 0 spiro atoms. The van der Waals surface area contributed by atoms with Gasteiger partial charge in [-0.1, -0.05) is 29.8 Å². The van der Waals surface area contributed by atoms with Gasteiger partial charge in [0.15, 0.2) is 0 Å². The van der Waals surface area contributed by atoms with Crippen LogP contribution < -0.4 is 10.5 Å². The van der Waals surface area contributed by atoms with Crippen molar-refractivity contribution in [1.82, 2.24) is 0 Å². The lowest BCUT2D eigenvalue weighted by Crippen LogP contribution is -2.04. The van der Waals surface area contributed by atoms with Crippen LogP contribution in [0.5, 0.6) is 11.5 Å². The molecule has 0 fully saturated rings. The van der Waals surface area contributed by atoms with Crippen molar-refractivity contribution < 1.29 is 9.66 Å². The van der Waals surface area contributed by atoms with E-state index in [9.17, 15) is 10.1 Å². The highest BCUT2D eigenvalue weighted by Gasteiger charge is 2.19. The van der Waals surface area contributed by atoms with Crippen molar-refractivity contribution in [2.24, 2.45) is 5.73 Å². The number of rotatable bonds is 4. The number of para-hydroxylation sites is 1. The molecule has 0 saturated carbocycles. The van der Waals surface area contributed by atoms with Crippen molar-refractivity contribution >= 4 is 17.3 Å². The minimum absolute atomic E-state index is 0.0287. The summed E-state index contributed by atoms with van der Waals surface area (Å²) in [5.74, 6) is 0.483. The number of nitrogens with two attached hydrogens (primary N) is 1. The van der Waals surface area contributed by atoms with E-state index in [1.165, 1.54) is 12.1 Å². The SMILES string of the molecule is CC(N)c1cccc(Oc2c(Cl)cccc2[N+](=O)[O-])c1. The zero-order valence-electron chi connectivity index (χ0n) is 10.7. The summed E-state index contributed by atoms with van der Waals surface area (Å²) in [5, 5.41) is 11.2. The molecule has 0 bridgehead atoms. The smallest absolute Gasteiger partial charge is 0.313 e. The number of nitro groups is 1. The Hall–Kier alpha value is -2.11. The third-order valence-corrected chi connectivity index (χ3v) is 3.04. The van der Waals surface area contributed by atoms with Crippen molar-refractivity contribution in [2.45, 2.75) is 13.0 Å². The molecule has 5 nitrogen and oxygen atoms in total. The first-order valence-corrected chi connectivity index (χ1v) is 6.33. The number of benzene rings is 2. The van der Waals surface area contributed by atoms with Gasteiger partial charge in [0.05, 0.1) is 9.95 Å². The summed E-state index contributed by atoms with van der Waals surface area (Å²) >= 11 is 5.97. The first kappa shape index (κ1) is 14.3. The third kappa shape index (κ3) is 3.07. The Kier molecular flexibility index (Phi) is 4.22. The second-order valence-electron chi connectivity index (χ2n) is 4.31. The van der Waals surface area contributed by atoms with E-state index in [4.69, 9.17) is 22.1 Å². The summed E-state index contributed by atoms with van der Waals surface area (Å²) in [6.07, 6.45) is 0. The summed E-state index contributed by atoms with van der Waals surface area (Å²) in [7, 11) is 0. The van der Waals surface area contributed by atoms with E-state index in [0.717, 1.165) is 5.56 Å². The van der Waals surface area contributed by atoms with Gasteiger partial charge in [0.1, 0.15) is 5.75 Å². The maximum atomic E-state index is 11.0. The van der Waals surface area contributed by atoms with Crippen molar-refractivity contribution in [3.05, 3.63) is 63.2 Å². The van der Waals surface area contributed by atoms with Gasteiger partial charge in [-0.15, -0.1) is 0 Å². The minimum Gasteiger partial charge on any atom is -0.449 e. The second kappa shape index (κ2) is 5.90. The molecular formula is C14H13ClN2O3. The summed E-state index contributed by atoms with van der Waals surface area (Å²) in [6, 6.07) is 11.3. The standard InChI is InChI=1S/C14H13ClN2O3/c1-9(16)10-4-2-5-11(8-10)20-14-12(15)6-3-7-13(14)17(18)19/h2-9H,16H2,1H3. The van der Waals surface area contributed by atoms with Crippen LogP contribution >= 0.6 is 11.6 Å². The van der Waals surface area contributed by atoms with Gasteiger partial charge < -0.3 is 10.5 Å². The lowest BCUT2D eigenvalue weighted by atomic mass is 10.1. The predicted octanol–water partition coefficient (Wildman–Crippen LogP) is 4.06. The third-order valence-electron chi connectivity index (χ3n) is 2.75. The monoisotopic (exact) mass is 292 g/mol. The fourth-order valence-electron chi connectivity index (χ4n) is 1.72. The molecule has 0 aliphatic heterocycles. The predicted molar refractivity (Wildman–Crippen MR) is 77.2 cm³/mol. The summed E-state index contributed by atoms with van der Waals surface area (Å²) in [5.41, 5.74) is 6.49. The van der Waals surface area contributed by atoms with Gasteiger partial charge >= 0.3 is 5.69 Å². The number of nitrogens with zero attached hydrogens (tertiary/aromatic N) is 1. The molecule has 0 aliphatic rings. The number of halogens is 1. The average molecular weight is 293 g/mol. The van der Waals surface area contributed by atoms with Gasteiger partial charge in [0.25, 0.3) is 0 Å². The molecule has 0 radical (unpaired) electrons. The molecule has 2 N–H and O–H groups in total. The molecule has 2 aromatic rings. The molecule has 1 unspecified atom stereocenters. The Morgan fingerprint density at radius 3 is 2.65 bits per heavy atom. The van der Waals surface area contributed by atoms with E-state index in [1.807, 2.05) is 13.0 Å². The molecule has 0 aromatic heterocycles. The Bertz CT molecular complexity index is 644. The van der Waals surface area contributed by atoms with E-state index in [-0.39, 0.29) is 22.5 Å². The molecule has 2 aromatic carbocycles. The molecule has 20 heavy (non-hydrogen) atoms. The summed E-state index contributed by atoms with van der Waals surface area (Å²) < 4.78 is 5.56. The topological polar surface area (TPSA) is 78.4 Å². The van der Waals surface area contributed by atoms with E-state index >= 15 is 0 Å². The second-order valence-corrected chi connectivity index (χ2v) is 4.72. The number of hydrogen-bond donors (Lipinski definition) is 1. The van der Waals surface area contributed by atoms with Crippen LogP contribution in [0.1, 0.15) is 18.5 Å². The molecule has 1 atom stereocenters. The first-order chi connectivity index (χ1) is 9.49.